The van der Waals surface area contributed by atoms with Gasteiger partial charge in [-0.3, -0.25) is 4.79 Å². The van der Waals surface area contributed by atoms with Gasteiger partial charge in [0.15, 0.2) is 5.78 Å². The third-order valence-corrected chi connectivity index (χ3v) is 7.41. The standard InChI is InChI=1S/C20H30O3/c1-6-18(4)9-10-20(23)13(12-18)14(21)11-15-17(2,3)8-7-16(22)19(15,20)5/h6,12,15-16,22-23H,1,7-11H2,2-5H3. The van der Waals surface area contributed by atoms with Crippen molar-refractivity contribution < 1.29 is 15.0 Å². The molecule has 0 aromatic heterocycles. The summed E-state index contributed by atoms with van der Waals surface area (Å²) in [5.74, 6) is 0.0476. The Kier molecular flexibility index (Phi) is 3.53. The molecule has 0 radical (unpaired) electrons. The maximum Gasteiger partial charge on any atom is 0.161 e. The smallest absolute Gasteiger partial charge is 0.161 e. The third-order valence-electron chi connectivity index (χ3n) is 7.41. The highest BCUT2D eigenvalue weighted by Gasteiger charge is 2.67. The molecular formula is C20H30O3. The Hall–Kier alpha value is -0.930. The molecule has 2 fully saturated rings. The number of aliphatic hydroxyl groups is 2. The number of carbonyl (C=O) groups excluding carboxylic acids is 1. The van der Waals surface area contributed by atoms with Gasteiger partial charge in [0.2, 0.25) is 0 Å². The fourth-order valence-electron chi connectivity index (χ4n) is 5.51. The van der Waals surface area contributed by atoms with Crippen LogP contribution >= 0.6 is 0 Å². The van der Waals surface area contributed by atoms with Gasteiger partial charge in [-0.2, -0.15) is 0 Å². The molecule has 3 aliphatic rings. The van der Waals surface area contributed by atoms with E-state index < -0.39 is 17.1 Å². The molecule has 0 bridgehead atoms. The molecule has 3 nitrogen and oxygen atoms in total. The van der Waals surface area contributed by atoms with Crippen molar-refractivity contribution >= 4 is 5.78 Å². The van der Waals surface area contributed by atoms with Crippen molar-refractivity contribution in [1.29, 1.82) is 0 Å². The minimum Gasteiger partial charge on any atom is -0.392 e. The lowest BCUT2D eigenvalue weighted by Gasteiger charge is -2.64. The number of hydrogen-bond donors (Lipinski definition) is 2. The molecule has 5 unspecified atom stereocenters. The van der Waals surface area contributed by atoms with Crippen LogP contribution in [0.1, 0.15) is 59.8 Å². The quantitative estimate of drug-likeness (QED) is 0.729. The molecule has 0 aromatic carbocycles. The van der Waals surface area contributed by atoms with Crippen molar-refractivity contribution in [2.75, 3.05) is 0 Å². The number of rotatable bonds is 1. The lowest BCUT2D eigenvalue weighted by molar-refractivity contribution is -0.212. The molecule has 0 aliphatic heterocycles. The Bertz CT molecular complexity index is 590. The van der Waals surface area contributed by atoms with E-state index in [4.69, 9.17) is 0 Å². The first-order chi connectivity index (χ1) is 10.5. The molecule has 3 aliphatic carbocycles. The summed E-state index contributed by atoms with van der Waals surface area (Å²) in [6.45, 7) is 12.3. The Morgan fingerprint density at radius 1 is 1.22 bits per heavy atom. The van der Waals surface area contributed by atoms with Crippen LogP contribution in [0, 0.1) is 22.2 Å². The Morgan fingerprint density at radius 3 is 2.48 bits per heavy atom. The van der Waals surface area contributed by atoms with E-state index >= 15 is 0 Å². The molecule has 0 heterocycles. The summed E-state index contributed by atoms with van der Waals surface area (Å²) in [5, 5.41) is 22.5. The second-order valence-electron chi connectivity index (χ2n) is 9.13. The van der Waals surface area contributed by atoms with Crippen molar-refractivity contribution in [2.24, 2.45) is 22.2 Å². The SMILES string of the molecule is C=CC1(C)C=C2C(=O)CC3C(C)(C)CCC(O)C3(C)C2(O)CC1. The van der Waals surface area contributed by atoms with Gasteiger partial charge in [0.25, 0.3) is 0 Å². The van der Waals surface area contributed by atoms with Crippen molar-refractivity contribution in [2.45, 2.75) is 71.5 Å². The molecule has 2 saturated carbocycles. The maximum absolute atomic E-state index is 12.9. The van der Waals surface area contributed by atoms with Gasteiger partial charge in [0.1, 0.15) is 5.60 Å². The molecule has 2 N–H and O–H groups in total. The van der Waals surface area contributed by atoms with Crippen molar-refractivity contribution in [1.82, 2.24) is 0 Å². The summed E-state index contributed by atoms with van der Waals surface area (Å²) in [6.07, 6.45) is 6.46. The molecule has 3 rings (SSSR count). The summed E-state index contributed by atoms with van der Waals surface area (Å²) in [5.41, 5.74) is -1.69. The number of aliphatic hydroxyl groups excluding tert-OH is 1. The molecule has 128 valence electrons. The summed E-state index contributed by atoms with van der Waals surface area (Å²) in [6, 6.07) is 0. The van der Waals surface area contributed by atoms with Crippen LogP contribution in [-0.2, 0) is 4.79 Å². The first kappa shape index (κ1) is 16.9. The molecule has 23 heavy (non-hydrogen) atoms. The molecule has 0 aromatic rings. The van der Waals surface area contributed by atoms with Crippen LogP contribution in [0.3, 0.4) is 0 Å². The van der Waals surface area contributed by atoms with Crippen LogP contribution in [-0.4, -0.2) is 27.7 Å². The topological polar surface area (TPSA) is 57.5 Å². The first-order valence-electron chi connectivity index (χ1n) is 8.81. The van der Waals surface area contributed by atoms with Crippen molar-refractivity contribution in [3.63, 3.8) is 0 Å². The van der Waals surface area contributed by atoms with E-state index in [2.05, 4.69) is 27.4 Å². The van der Waals surface area contributed by atoms with Gasteiger partial charge >= 0.3 is 0 Å². The van der Waals surface area contributed by atoms with E-state index in [1.807, 2.05) is 19.1 Å². The van der Waals surface area contributed by atoms with Gasteiger partial charge in [0.05, 0.1) is 6.10 Å². The van der Waals surface area contributed by atoms with E-state index in [1.54, 1.807) is 0 Å². The number of ketones is 1. The second-order valence-corrected chi connectivity index (χ2v) is 9.13. The molecule has 0 spiro atoms. The lowest BCUT2D eigenvalue weighted by Crippen LogP contribution is -2.68. The minimum atomic E-state index is -1.23. The van der Waals surface area contributed by atoms with E-state index in [0.717, 1.165) is 12.8 Å². The zero-order chi connectivity index (χ0) is 17.3. The number of allylic oxidation sites excluding steroid dienone is 2. The fraction of sp³-hybridized carbons (Fsp3) is 0.750. The number of Topliss-reactive ketones (excluding diaryl/α,β-unsaturated/α-hetero) is 1. The summed E-state index contributed by atoms with van der Waals surface area (Å²) in [7, 11) is 0. The monoisotopic (exact) mass is 318 g/mol. The molecular weight excluding hydrogens is 288 g/mol. The molecule has 0 amide bonds. The Labute approximate surface area is 139 Å². The van der Waals surface area contributed by atoms with Crippen LogP contribution in [0.5, 0.6) is 0 Å². The first-order valence-corrected chi connectivity index (χ1v) is 8.81. The van der Waals surface area contributed by atoms with E-state index in [0.29, 0.717) is 24.8 Å². The van der Waals surface area contributed by atoms with E-state index in [-0.39, 0.29) is 22.5 Å². The third kappa shape index (κ3) is 2.05. The maximum atomic E-state index is 12.9. The number of hydrogen-bond acceptors (Lipinski definition) is 3. The van der Waals surface area contributed by atoms with Gasteiger partial charge in [-0.05, 0) is 37.0 Å². The fourth-order valence-corrected chi connectivity index (χ4v) is 5.51. The van der Waals surface area contributed by atoms with Crippen molar-refractivity contribution in [3.05, 3.63) is 24.3 Å². The summed E-state index contributed by atoms with van der Waals surface area (Å²) in [4.78, 5) is 12.9. The van der Waals surface area contributed by atoms with Crippen molar-refractivity contribution in [3.8, 4) is 0 Å². The molecule has 5 atom stereocenters. The van der Waals surface area contributed by atoms with Crippen LogP contribution in [0.25, 0.3) is 0 Å². The highest BCUT2D eigenvalue weighted by molar-refractivity contribution is 5.99. The van der Waals surface area contributed by atoms with Gasteiger partial charge in [-0.25, -0.2) is 0 Å². The minimum absolute atomic E-state index is 0.00138. The predicted molar refractivity (Wildman–Crippen MR) is 90.8 cm³/mol. The predicted octanol–water partition coefficient (Wildman–Crippen LogP) is 3.41. The highest BCUT2D eigenvalue weighted by atomic mass is 16.3. The van der Waals surface area contributed by atoms with Gasteiger partial charge in [-0.1, -0.05) is 39.8 Å². The Balaban J connectivity index is 2.19. The molecule has 0 saturated heterocycles. The zero-order valence-electron chi connectivity index (χ0n) is 14.9. The normalized spacial score (nSPS) is 49.0. The van der Waals surface area contributed by atoms with E-state index in [1.165, 1.54) is 0 Å². The summed E-state index contributed by atoms with van der Waals surface area (Å²) < 4.78 is 0. The average molecular weight is 318 g/mol. The number of fused-ring (bicyclic) bond motifs is 3. The zero-order valence-corrected chi connectivity index (χ0v) is 14.9. The summed E-state index contributed by atoms with van der Waals surface area (Å²) >= 11 is 0. The van der Waals surface area contributed by atoms with Gasteiger partial charge < -0.3 is 10.2 Å². The largest absolute Gasteiger partial charge is 0.392 e. The Morgan fingerprint density at radius 2 is 1.87 bits per heavy atom. The molecule has 3 heteroatoms. The lowest BCUT2D eigenvalue weighted by atomic mass is 9.42. The van der Waals surface area contributed by atoms with Gasteiger partial charge in [-0.15, -0.1) is 6.58 Å². The van der Waals surface area contributed by atoms with Crippen LogP contribution < -0.4 is 0 Å². The average Bonchev–Trinajstić information content (AvgIpc) is 2.49. The number of carbonyl (C=O) groups is 1. The highest BCUT2D eigenvalue weighted by Crippen LogP contribution is 2.64. The van der Waals surface area contributed by atoms with Crippen LogP contribution in [0.2, 0.25) is 0 Å². The van der Waals surface area contributed by atoms with Crippen LogP contribution in [0.4, 0.5) is 0 Å². The van der Waals surface area contributed by atoms with Crippen LogP contribution in [0.15, 0.2) is 24.3 Å². The van der Waals surface area contributed by atoms with E-state index in [9.17, 15) is 15.0 Å². The second kappa shape index (κ2) is 4.80. The van der Waals surface area contributed by atoms with Gasteiger partial charge in [0, 0.05) is 22.8 Å².